The molecule has 462 valence electrons. The first-order valence-corrected chi connectivity index (χ1v) is 30.0. The van der Waals surface area contributed by atoms with E-state index in [-0.39, 0.29) is 86.8 Å². The number of alkyl halides is 1. The lowest BCUT2D eigenvalue weighted by Gasteiger charge is -2.41. The Bertz CT molecular complexity index is 2840. The van der Waals surface area contributed by atoms with E-state index in [9.17, 15) is 43.5 Å². The fourth-order valence-corrected chi connectivity index (χ4v) is 11.3. The van der Waals surface area contributed by atoms with Gasteiger partial charge in [-0.05, 0) is 114 Å². The number of hydrogen-bond donors (Lipinski definition) is 5. The van der Waals surface area contributed by atoms with Crippen molar-refractivity contribution in [1.82, 2.24) is 10.6 Å². The molecule has 20 nitrogen and oxygen atoms in total. The summed E-state index contributed by atoms with van der Waals surface area (Å²) in [7, 11) is 4.42. The highest BCUT2D eigenvalue weighted by atomic mass is 79.9. The first-order chi connectivity index (χ1) is 39.4. The maximum atomic E-state index is 14.4. The third kappa shape index (κ3) is 18.9. The number of allylic oxidation sites excluding steroid dienone is 3. The number of ether oxygens (including phenoxy) is 6. The van der Waals surface area contributed by atoms with Gasteiger partial charge in [0.2, 0.25) is 11.8 Å². The number of epoxide rings is 1. The van der Waals surface area contributed by atoms with Crippen LogP contribution in [0.25, 0.3) is 0 Å². The number of aliphatic hydroxyl groups is 1. The van der Waals surface area contributed by atoms with Crippen molar-refractivity contribution in [2.45, 2.75) is 180 Å². The Kier molecular flexibility index (Phi) is 24.8. The summed E-state index contributed by atoms with van der Waals surface area (Å²) in [6, 6.07) is 6.66. The van der Waals surface area contributed by atoms with Gasteiger partial charge in [-0.3, -0.25) is 29.3 Å². The average Bonchev–Trinajstić information content (AvgIpc) is 1.70. The van der Waals surface area contributed by atoms with Gasteiger partial charge in [0.15, 0.2) is 5.78 Å². The Morgan fingerprint density at radius 1 is 1.06 bits per heavy atom. The number of carbonyl (C=O) groups excluding carboxylic acids is 8. The third-order valence-corrected chi connectivity index (χ3v) is 17.1. The number of carbonyl (C=O) groups is 8. The van der Waals surface area contributed by atoms with Crippen LogP contribution >= 0.6 is 27.5 Å². The molecule has 0 spiro atoms. The van der Waals surface area contributed by atoms with Gasteiger partial charge in [0.1, 0.15) is 46.6 Å². The Balaban J connectivity index is 1.33. The molecule has 22 heteroatoms. The maximum absolute atomic E-state index is 14.4. The quantitative estimate of drug-likeness (QED) is 0.0164. The summed E-state index contributed by atoms with van der Waals surface area (Å²) in [4.78, 5) is 108. The van der Waals surface area contributed by atoms with Crippen molar-refractivity contribution >= 4 is 86.3 Å². The molecular formula is C62H85BrClN5O15. The van der Waals surface area contributed by atoms with Crippen LogP contribution in [0.5, 0.6) is 5.75 Å². The number of rotatable bonds is 24. The molecule has 3 aliphatic rings. The maximum Gasteiger partial charge on any atom is 0.412 e. The van der Waals surface area contributed by atoms with Crippen molar-refractivity contribution in [1.29, 1.82) is 0 Å². The Morgan fingerprint density at radius 3 is 2.43 bits per heavy atom. The lowest BCUT2D eigenvalue weighted by Crippen LogP contribution is -2.53. The predicted octanol–water partition coefficient (Wildman–Crippen LogP) is 9.04. The van der Waals surface area contributed by atoms with Crippen LogP contribution in [0.15, 0.2) is 66.3 Å². The van der Waals surface area contributed by atoms with Gasteiger partial charge in [-0.1, -0.05) is 90.8 Å². The van der Waals surface area contributed by atoms with Crippen molar-refractivity contribution in [3.05, 3.63) is 88.0 Å². The summed E-state index contributed by atoms with van der Waals surface area (Å²) >= 11 is 10.1. The summed E-state index contributed by atoms with van der Waals surface area (Å²) < 4.78 is 35.4. The molecule has 0 aliphatic carbocycles. The van der Waals surface area contributed by atoms with Gasteiger partial charge >= 0.3 is 24.1 Å². The molecule has 84 heavy (non-hydrogen) atoms. The van der Waals surface area contributed by atoms with Crippen LogP contribution in [-0.4, -0.2) is 133 Å². The van der Waals surface area contributed by atoms with Crippen molar-refractivity contribution in [2.24, 2.45) is 23.5 Å². The van der Waals surface area contributed by atoms with E-state index in [4.69, 9.17) is 45.8 Å². The molecule has 0 aromatic heterocycles. The highest BCUT2D eigenvalue weighted by Gasteiger charge is 2.64. The van der Waals surface area contributed by atoms with E-state index in [0.717, 1.165) is 16.7 Å². The molecule has 2 fully saturated rings. The molecule has 2 aromatic rings. The van der Waals surface area contributed by atoms with E-state index in [0.29, 0.717) is 52.9 Å². The monoisotopic (exact) mass is 1250 g/mol. The second-order valence-electron chi connectivity index (χ2n) is 23.6. The van der Waals surface area contributed by atoms with E-state index in [2.05, 4.69) is 38.5 Å². The number of anilines is 2. The summed E-state index contributed by atoms with van der Waals surface area (Å²) in [5, 5.41) is 20.8. The zero-order valence-corrected chi connectivity index (χ0v) is 52.6. The van der Waals surface area contributed by atoms with E-state index in [1.165, 1.54) is 25.2 Å². The molecule has 6 N–H and O–H groups in total. The zero-order chi connectivity index (χ0) is 62.4. The first-order valence-electron chi connectivity index (χ1n) is 28.5. The van der Waals surface area contributed by atoms with Crippen molar-refractivity contribution in [2.75, 3.05) is 43.4 Å². The van der Waals surface area contributed by atoms with Crippen LogP contribution < -0.4 is 31.3 Å². The fourth-order valence-electron chi connectivity index (χ4n) is 10.8. The number of nitrogens with zero attached hydrogens (tertiary/aromatic N) is 1. The predicted molar refractivity (Wildman–Crippen MR) is 322 cm³/mol. The van der Waals surface area contributed by atoms with Crippen LogP contribution in [0.4, 0.5) is 21.0 Å². The molecule has 4 bridgehead atoms. The van der Waals surface area contributed by atoms with Crippen LogP contribution in [0, 0.1) is 24.7 Å². The summed E-state index contributed by atoms with van der Waals surface area (Å²) in [6.45, 7) is 18.4. The van der Waals surface area contributed by atoms with E-state index < -0.39 is 95.0 Å². The smallest absolute Gasteiger partial charge is 0.412 e. The average molecular weight is 1260 g/mol. The number of fused-ring (bicyclic) bond motifs is 5. The number of Topliss-reactive ketones (excluding diaryl/α,β-unsaturated/α-hetero) is 2. The van der Waals surface area contributed by atoms with Gasteiger partial charge in [0.05, 0.1) is 48.5 Å². The minimum absolute atomic E-state index is 0.00475. The topological polar surface area (TPSA) is 281 Å². The van der Waals surface area contributed by atoms with Gasteiger partial charge in [0.25, 0.3) is 0 Å². The van der Waals surface area contributed by atoms with E-state index in [1.807, 2.05) is 45.9 Å². The minimum Gasteiger partial charge on any atom is -0.495 e. The number of unbranched alkanes of at least 4 members (excludes halogenated alkanes) is 1. The third-order valence-electron chi connectivity index (χ3n) is 15.9. The number of nitrogens with two attached hydrogens (primary N) is 1. The van der Waals surface area contributed by atoms with Crippen molar-refractivity contribution in [3.63, 3.8) is 0 Å². The van der Waals surface area contributed by atoms with Crippen LogP contribution in [0.2, 0.25) is 5.02 Å². The molecule has 0 unspecified atom stereocenters. The number of amides is 5. The fraction of sp³-hybridized carbons (Fsp3) is 0.581. The van der Waals surface area contributed by atoms with Gasteiger partial charge < -0.3 is 54.8 Å². The number of esters is 2. The second kappa shape index (κ2) is 30.3. The number of benzene rings is 2. The second-order valence-corrected chi connectivity index (χ2v) is 24.5. The number of primary amides is 1. The molecule has 3 aliphatic heterocycles. The SMILES string of the molecule is C=C(CBr)C(=O)OC(C)(C)CCCCC(=O)C[C@H](C(=O)N[C@@H](CCCNC(N)=O)C(=O)Cc1ccc(NC(=O)O[C@H]2CC(=O)N(C)c3cc(cc(C)c3Cl)C/C(C)=C/C=C/[C@@H](OC)[C@]3(O)CC(=O)O[C@@H](C3)[C@@H](C)[C@@H]3O[C@@]23C)c(OC)c1)C(C)C. The van der Waals surface area contributed by atoms with Crippen molar-refractivity contribution < 1.29 is 71.9 Å². The molecule has 2 saturated heterocycles. The summed E-state index contributed by atoms with van der Waals surface area (Å²) in [5.41, 5.74) is 5.50. The molecule has 3 heterocycles. The van der Waals surface area contributed by atoms with E-state index in [1.54, 1.807) is 59.0 Å². The van der Waals surface area contributed by atoms with Gasteiger partial charge in [-0.2, -0.15) is 0 Å². The Labute approximate surface area is 506 Å². The highest BCUT2D eigenvalue weighted by molar-refractivity contribution is 9.09. The highest BCUT2D eigenvalue weighted by Crippen LogP contribution is 2.50. The largest absolute Gasteiger partial charge is 0.495 e. The number of nitrogens with one attached hydrogen (secondary N) is 3. The van der Waals surface area contributed by atoms with Crippen LogP contribution in [0.3, 0.4) is 0 Å². The lowest BCUT2D eigenvalue weighted by molar-refractivity contribution is -0.187. The number of ketones is 2. The molecule has 2 aromatic carbocycles. The lowest BCUT2D eigenvalue weighted by atomic mass is 9.78. The number of methoxy groups -OCH3 is 2. The van der Waals surface area contributed by atoms with Gasteiger partial charge in [-0.25, -0.2) is 14.4 Å². The van der Waals surface area contributed by atoms with E-state index >= 15 is 0 Å². The van der Waals surface area contributed by atoms with Crippen LogP contribution in [-0.2, 0) is 65.3 Å². The standard InChI is InChI=1S/C62H85BrClN5O15/c1-35(2)43(30-42(70)18-13-14-23-60(7,8)84-57(75)38(5)34-63)56(74)67-44(19-16-24-66-58(65)76)47(71)28-40-21-22-45(48(29-40)79-11)68-59(77)82-51-31-52(72)69(10)46-27-41(26-37(4)54(46)64)25-36(3)17-15-20-50(80-12)62(78)32-49(81-53(73)33-62)39(6)55-61(51,9)83-55/h15,17,20-22,26-27,29,35,39,43-44,49-51,55,78H,5,13-14,16,18-19,23-25,28,30-34H2,1-4,6-12H3,(H,67,74)(H,68,77)(H3,65,66,76)/b20-15+,36-17+/t39-,43+,44+,49+,50-,51+,55+,61+,62-/m1/s1. The number of urea groups is 1. The Hall–Kier alpha value is -6.13. The summed E-state index contributed by atoms with van der Waals surface area (Å²) in [5.74, 6) is -3.99. The molecule has 9 atom stereocenters. The zero-order valence-electron chi connectivity index (χ0n) is 50.3. The molecule has 5 amide bonds. The number of hydrogen-bond acceptors (Lipinski definition) is 15. The minimum atomic E-state index is -1.64. The number of halogens is 2. The van der Waals surface area contributed by atoms with Crippen molar-refractivity contribution in [3.8, 4) is 5.75 Å². The molecule has 0 radical (unpaired) electrons. The normalized spacial score (nSPS) is 24.4. The Morgan fingerprint density at radius 2 is 1.77 bits per heavy atom. The van der Waals surface area contributed by atoms with Crippen LogP contribution in [0.1, 0.15) is 129 Å². The molecular weight excluding hydrogens is 1170 g/mol. The molecule has 5 rings (SSSR count). The number of aryl methyl sites for hydroxylation is 1. The first kappa shape index (κ1) is 68.6. The van der Waals surface area contributed by atoms with Gasteiger partial charge in [-0.15, -0.1) is 0 Å². The summed E-state index contributed by atoms with van der Waals surface area (Å²) in [6.07, 6.45) is 2.52. The van der Waals surface area contributed by atoms with Gasteiger partial charge in [0, 0.05) is 69.1 Å². The molecule has 0 saturated carbocycles.